The van der Waals surface area contributed by atoms with Gasteiger partial charge in [0.2, 0.25) is 0 Å². The standard InChI is InChI=1S/C26H27ClN2O4/c1-3-15-32-24-14-11-20(16-25(24)31-4-2)26(30)29-28-17-19-9-12-22(13-10-19)33-18-21-7-5-6-8-23(21)27/h5-14,16-17H,3-4,15,18H2,1-2H3,(H,29,30)/b28-17+. The molecule has 0 spiro atoms. The third kappa shape index (κ3) is 7.26. The van der Waals surface area contributed by atoms with E-state index in [9.17, 15) is 4.79 Å². The third-order valence-electron chi connectivity index (χ3n) is 4.58. The minimum Gasteiger partial charge on any atom is -0.490 e. The normalized spacial score (nSPS) is 10.8. The van der Waals surface area contributed by atoms with Gasteiger partial charge in [0.25, 0.3) is 5.91 Å². The van der Waals surface area contributed by atoms with Crippen LogP contribution >= 0.6 is 11.6 Å². The van der Waals surface area contributed by atoms with Crippen LogP contribution in [0.2, 0.25) is 5.02 Å². The number of ether oxygens (including phenoxy) is 3. The van der Waals surface area contributed by atoms with E-state index in [1.54, 1.807) is 24.4 Å². The van der Waals surface area contributed by atoms with Crippen LogP contribution in [0, 0.1) is 0 Å². The Morgan fingerprint density at radius 1 is 0.970 bits per heavy atom. The lowest BCUT2D eigenvalue weighted by atomic mass is 10.2. The molecule has 33 heavy (non-hydrogen) atoms. The summed E-state index contributed by atoms with van der Waals surface area (Å²) in [4.78, 5) is 12.5. The lowest BCUT2D eigenvalue weighted by Crippen LogP contribution is -2.17. The average Bonchev–Trinajstić information content (AvgIpc) is 2.83. The highest BCUT2D eigenvalue weighted by Gasteiger charge is 2.11. The highest BCUT2D eigenvalue weighted by Crippen LogP contribution is 2.28. The number of benzene rings is 3. The van der Waals surface area contributed by atoms with Crippen molar-refractivity contribution < 1.29 is 19.0 Å². The molecule has 3 aromatic carbocycles. The molecule has 7 heteroatoms. The summed E-state index contributed by atoms with van der Waals surface area (Å²) < 4.78 is 17.0. The molecule has 0 saturated carbocycles. The van der Waals surface area contributed by atoms with Gasteiger partial charge in [0.05, 0.1) is 19.4 Å². The van der Waals surface area contributed by atoms with Gasteiger partial charge in [-0.05, 0) is 67.4 Å². The fraction of sp³-hybridized carbons (Fsp3) is 0.231. The fourth-order valence-corrected chi connectivity index (χ4v) is 3.10. The van der Waals surface area contributed by atoms with Crippen LogP contribution in [0.15, 0.2) is 71.8 Å². The summed E-state index contributed by atoms with van der Waals surface area (Å²) in [5.74, 6) is 1.53. The molecule has 0 radical (unpaired) electrons. The smallest absolute Gasteiger partial charge is 0.271 e. The van der Waals surface area contributed by atoms with Gasteiger partial charge < -0.3 is 14.2 Å². The van der Waals surface area contributed by atoms with Crippen molar-refractivity contribution in [3.63, 3.8) is 0 Å². The van der Waals surface area contributed by atoms with Crippen LogP contribution in [0.4, 0.5) is 0 Å². The van der Waals surface area contributed by atoms with Gasteiger partial charge in [-0.3, -0.25) is 4.79 Å². The highest BCUT2D eigenvalue weighted by molar-refractivity contribution is 6.31. The molecule has 0 heterocycles. The number of hydrazone groups is 1. The van der Waals surface area contributed by atoms with Gasteiger partial charge in [-0.25, -0.2) is 5.43 Å². The Balaban J connectivity index is 1.55. The number of rotatable bonds is 11. The number of hydrogen-bond donors (Lipinski definition) is 1. The van der Waals surface area contributed by atoms with Gasteiger partial charge in [-0.2, -0.15) is 5.10 Å². The zero-order valence-corrected chi connectivity index (χ0v) is 19.5. The molecule has 0 unspecified atom stereocenters. The number of carbonyl (C=O) groups excluding carboxylic acids is 1. The molecule has 1 N–H and O–H groups in total. The molecule has 0 bridgehead atoms. The second-order valence-corrected chi connectivity index (χ2v) is 7.50. The van der Waals surface area contributed by atoms with Crippen molar-refractivity contribution in [3.05, 3.63) is 88.4 Å². The fourth-order valence-electron chi connectivity index (χ4n) is 2.91. The first-order valence-corrected chi connectivity index (χ1v) is 11.2. The Labute approximate surface area is 199 Å². The molecule has 0 aliphatic rings. The van der Waals surface area contributed by atoms with E-state index in [0.717, 1.165) is 17.5 Å². The molecule has 0 aromatic heterocycles. The quantitative estimate of drug-likeness (QED) is 0.283. The minimum atomic E-state index is -0.339. The van der Waals surface area contributed by atoms with Crippen LogP contribution in [-0.4, -0.2) is 25.3 Å². The molecule has 0 saturated heterocycles. The van der Waals surface area contributed by atoms with Gasteiger partial charge in [-0.15, -0.1) is 0 Å². The SMILES string of the molecule is CCCOc1ccc(C(=O)N/N=C/c2ccc(OCc3ccccc3Cl)cc2)cc1OCC. The first kappa shape index (κ1) is 24.1. The topological polar surface area (TPSA) is 69.2 Å². The number of halogens is 1. The number of nitrogens with zero attached hydrogens (tertiary/aromatic N) is 1. The van der Waals surface area contributed by atoms with Crippen molar-refractivity contribution in [3.8, 4) is 17.2 Å². The summed E-state index contributed by atoms with van der Waals surface area (Å²) in [6.45, 7) is 5.36. The highest BCUT2D eigenvalue weighted by atomic mass is 35.5. The molecule has 0 aliphatic heterocycles. The van der Waals surface area contributed by atoms with E-state index in [2.05, 4.69) is 10.5 Å². The third-order valence-corrected chi connectivity index (χ3v) is 4.95. The van der Waals surface area contributed by atoms with Crippen LogP contribution in [-0.2, 0) is 6.61 Å². The molecular formula is C26H27ClN2O4. The van der Waals surface area contributed by atoms with Crippen molar-refractivity contribution in [1.29, 1.82) is 0 Å². The molecule has 0 atom stereocenters. The van der Waals surface area contributed by atoms with Crippen LogP contribution < -0.4 is 19.6 Å². The summed E-state index contributed by atoms with van der Waals surface area (Å²) in [5, 5.41) is 4.72. The lowest BCUT2D eigenvalue weighted by molar-refractivity contribution is 0.0954. The Kier molecular flexibility index (Phi) is 9.15. The maximum absolute atomic E-state index is 12.5. The van der Waals surface area contributed by atoms with Gasteiger partial charge >= 0.3 is 0 Å². The van der Waals surface area contributed by atoms with Crippen molar-refractivity contribution in [2.45, 2.75) is 26.9 Å². The van der Waals surface area contributed by atoms with Crippen LogP contribution in [0.25, 0.3) is 0 Å². The summed E-state index contributed by atoms with van der Waals surface area (Å²) in [7, 11) is 0. The number of nitrogens with one attached hydrogen (secondary N) is 1. The molecule has 6 nitrogen and oxygen atoms in total. The maximum atomic E-state index is 12.5. The predicted molar refractivity (Wildman–Crippen MR) is 131 cm³/mol. The maximum Gasteiger partial charge on any atom is 0.271 e. The van der Waals surface area contributed by atoms with Crippen molar-refractivity contribution in [2.75, 3.05) is 13.2 Å². The van der Waals surface area contributed by atoms with E-state index in [0.29, 0.717) is 47.7 Å². The Hall–Kier alpha value is -3.51. The summed E-state index contributed by atoms with van der Waals surface area (Å²) in [6.07, 6.45) is 2.45. The molecule has 3 rings (SSSR count). The average molecular weight is 467 g/mol. The summed E-state index contributed by atoms with van der Waals surface area (Å²) in [6, 6.07) is 20.0. The van der Waals surface area contributed by atoms with Crippen molar-refractivity contribution >= 4 is 23.7 Å². The molecule has 0 aliphatic carbocycles. The largest absolute Gasteiger partial charge is 0.490 e. The second-order valence-electron chi connectivity index (χ2n) is 7.09. The number of carbonyl (C=O) groups is 1. The zero-order valence-electron chi connectivity index (χ0n) is 18.7. The molecular weight excluding hydrogens is 440 g/mol. The van der Waals surface area contributed by atoms with Gasteiger partial charge in [0.1, 0.15) is 12.4 Å². The minimum absolute atomic E-state index is 0.339. The zero-order chi connectivity index (χ0) is 23.5. The number of amides is 1. The first-order valence-electron chi connectivity index (χ1n) is 10.8. The van der Waals surface area contributed by atoms with Gasteiger partial charge in [0.15, 0.2) is 11.5 Å². The first-order chi connectivity index (χ1) is 16.1. The Morgan fingerprint density at radius 2 is 1.76 bits per heavy atom. The van der Waals surface area contributed by atoms with E-state index in [-0.39, 0.29) is 5.91 Å². The van der Waals surface area contributed by atoms with Gasteiger partial charge in [-0.1, -0.05) is 36.7 Å². The monoisotopic (exact) mass is 466 g/mol. The van der Waals surface area contributed by atoms with Crippen LogP contribution in [0.5, 0.6) is 17.2 Å². The van der Waals surface area contributed by atoms with E-state index < -0.39 is 0 Å². The van der Waals surface area contributed by atoms with E-state index in [4.69, 9.17) is 25.8 Å². The summed E-state index contributed by atoms with van der Waals surface area (Å²) >= 11 is 6.15. The Morgan fingerprint density at radius 3 is 2.48 bits per heavy atom. The van der Waals surface area contributed by atoms with Crippen molar-refractivity contribution in [1.82, 2.24) is 5.43 Å². The van der Waals surface area contributed by atoms with Crippen molar-refractivity contribution in [2.24, 2.45) is 5.10 Å². The van der Waals surface area contributed by atoms with Crippen LogP contribution in [0.1, 0.15) is 41.8 Å². The second kappa shape index (κ2) is 12.5. The summed E-state index contributed by atoms with van der Waals surface area (Å²) in [5.41, 5.74) is 4.71. The van der Waals surface area contributed by atoms with Crippen LogP contribution in [0.3, 0.4) is 0 Å². The molecule has 1 amide bonds. The van der Waals surface area contributed by atoms with E-state index in [1.807, 2.05) is 62.4 Å². The molecule has 3 aromatic rings. The molecule has 172 valence electrons. The van der Waals surface area contributed by atoms with Gasteiger partial charge in [0, 0.05) is 16.1 Å². The predicted octanol–water partition coefficient (Wildman–Crippen LogP) is 5.87. The number of hydrogen-bond acceptors (Lipinski definition) is 5. The Bertz CT molecular complexity index is 1080. The van der Waals surface area contributed by atoms with E-state index in [1.165, 1.54) is 0 Å². The van der Waals surface area contributed by atoms with E-state index >= 15 is 0 Å². The molecule has 0 fully saturated rings. The lowest BCUT2D eigenvalue weighted by Gasteiger charge is -2.12.